The number of rotatable bonds is 6. The highest BCUT2D eigenvalue weighted by molar-refractivity contribution is 9.12. The van der Waals surface area contributed by atoms with Crippen molar-refractivity contribution >= 4 is 37.8 Å². The summed E-state index contributed by atoms with van der Waals surface area (Å²) in [5.74, 6) is 0.363. The molecule has 0 aromatic heterocycles. The summed E-state index contributed by atoms with van der Waals surface area (Å²) in [5.41, 5.74) is 0. The van der Waals surface area contributed by atoms with E-state index in [2.05, 4.69) is 31.9 Å². The van der Waals surface area contributed by atoms with E-state index in [1.54, 1.807) is 0 Å². The van der Waals surface area contributed by atoms with Gasteiger partial charge in [-0.2, -0.15) is 0 Å². The molecule has 5 heteroatoms. The van der Waals surface area contributed by atoms with E-state index in [-0.39, 0.29) is 10.8 Å². The van der Waals surface area contributed by atoms with Crippen molar-refractivity contribution in [3.63, 3.8) is 0 Å². The SMILES string of the molecule is CCC(OC(=O)C(Br)CBr)Oc1ccccc1. The Morgan fingerprint density at radius 3 is 2.53 bits per heavy atom. The van der Waals surface area contributed by atoms with Gasteiger partial charge in [-0.3, -0.25) is 4.79 Å². The van der Waals surface area contributed by atoms with Crippen LogP contribution in [0.1, 0.15) is 13.3 Å². The van der Waals surface area contributed by atoms with Gasteiger partial charge in [-0.05, 0) is 12.1 Å². The average molecular weight is 366 g/mol. The highest BCUT2D eigenvalue weighted by Crippen LogP contribution is 2.15. The van der Waals surface area contributed by atoms with Crippen LogP contribution in [0.15, 0.2) is 30.3 Å². The predicted octanol–water partition coefficient (Wildman–Crippen LogP) is 3.50. The summed E-state index contributed by atoms with van der Waals surface area (Å²) in [7, 11) is 0. The van der Waals surface area contributed by atoms with Gasteiger partial charge in [0.15, 0.2) is 0 Å². The van der Waals surface area contributed by atoms with Gasteiger partial charge in [-0.1, -0.05) is 57.0 Å². The molecular weight excluding hydrogens is 352 g/mol. The first kappa shape index (κ1) is 14.5. The molecule has 0 aliphatic carbocycles. The predicted molar refractivity (Wildman–Crippen MR) is 73.8 cm³/mol. The van der Waals surface area contributed by atoms with Gasteiger partial charge < -0.3 is 9.47 Å². The maximum atomic E-state index is 11.6. The molecule has 0 aliphatic rings. The lowest BCUT2D eigenvalue weighted by Gasteiger charge is -2.19. The fourth-order valence-electron chi connectivity index (χ4n) is 1.11. The zero-order chi connectivity index (χ0) is 12.7. The molecule has 0 fully saturated rings. The van der Waals surface area contributed by atoms with E-state index in [1.807, 2.05) is 37.3 Å². The second-order valence-corrected chi connectivity index (χ2v) is 5.08. The minimum absolute atomic E-state index is 0.329. The largest absolute Gasteiger partial charge is 0.455 e. The third-order valence-corrected chi connectivity index (χ3v) is 4.20. The molecule has 94 valence electrons. The number of carbonyl (C=O) groups excluding carboxylic acids is 1. The Labute approximate surface area is 118 Å². The van der Waals surface area contributed by atoms with E-state index in [0.29, 0.717) is 17.5 Å². The third kappa shape index (κ3) is 5.08. The van der Waals surface area contributed by atoms with Crippen molar-refractivity contribution in [2.45, 2.75) is 24.5 Å². The molecule has 1 rings (SSSR count). The van der Waals surface area contributed by atoms with E-state index in [1.165, 1.54) is 0 Å². The highest BCUT2D eigenvalue weighted by atomic mass is 79.9. The Kier molecular flexibility index (Phi) is 6.58. The molecule has 17 heavy (non-hydrogen) atoms. The zero-order valence-electron chi connectivity index (χ0n) is 9.44. The lowest BCUT2D eigenvalue weighted by atomic mass is 10.3. The maximum absolute atomic E-state index is 11.6. The van der Waals surface area contributed by atoms with Gasteiger partial charge in [-0.15, -0.1) is 0 Å². The Hall–Kier alpha value is -0.550. The van der Waals surface area contributed by atoms with Crippen LogP contribution in [0.3, 0.4) is 0 Å². The van der Waals surface area contributed by atoms with Gasteiger partial charge in [0.25, 0.3) is 0 Å². The van der Waals surface area contributed by atoms with Gasteiger partial charge in [0.2, 0.25) is 6.29 Å². The smallest absolute Gasteiger partial charge is 0.323 e. The number of hydrogen-bond acceptors (Lipinski definition) is 3. The first-order valence-corrected chi connectivity index (χ1v) is 7.33. The van der Waals surface area contributed by atoms with E-state index < -0.39 is 6.29 Å². The van der Waals surface area contributed by atoms with Crippen molar-refractivity contribution in [2.24, 2.45) is 0 Å². The van der Waals surface area contributed by atoms with Crippen LogP contribution in [0.4, 0.5) is 0 Å². The molecule has 0 radical (unpaired) electrons. The third-order valence-electron chi connectivity index (χ3n) is 1.98. The van der Waals surface area contributed by atoms with Gasteiger partial charge in [0.1, 0.15) is 10.6 Å². The maximum Gasteiger partial charge on any atom is 0.323 e. The van der Waals surface area contributed by atoms with Crippen LogP contribution in [-0.2, 0) is 9.53 Å². The standard InChI is InChI=1S/C12H14Br2O3/c1-2-11(17-12(15)10(14)8-13)16-9-6-4-3-5-7-9/h3-7,10-11H,2,8H2,1H3. The molecule has 0 heterocycles. The summed E-state index contributed by atoms with van der Waals surface area (Å²) in [5, 5.41) is 0.508. The Bertz CT molecular complexity index is 343. The lowest BCUT2D eigenvalue weighted by molar-refractivity contribution is -0.162. The second-order valence-electron chi connectivity index (χ2n) is 3.33. The molecule has 2 atom stereocenters. The van der Waals surface area contributed by atoms with Crippen molar-refractivity contribution in [3.05, 3.63) is 30.3 Å². The number of para-hydroxylation sites is 1. The Morgan fingerprint density at radius 2 is 2.00 bits per heavy atom. The molecule has 0 amide bonds. The van der Waals surface area contributed by atoms with Crippen molar-refractivity contribution < 1.29 is 14.3 Å². The summed E-state index contributed by atoms with van der Waals surface area (Å²) in [6.07, 6.45) is 0.0480. The van der Waals surface area contributed by atoms with Crippen molar-refractivity contribution in [1.29, 1.82) is 0 Å². The van der Waals surface area contributed by atoms with Crippen LogP contribution in [0.5, 0.6) is 5.75 Å². The topological polar surface area (TPSA) is 35.5 Å². The number of carbonyl (C=O) groups is 1. The van der Waals surface area contributed by atoms with Crippen LogP contribution >= 0.6 is 31.9 Å². The summed E-state index contributed by atoms with van der Waals surface area (Å²) in [6.45, 7) is 1.90. The molecule has 1 aromatic rings. The van der Waals surface area contributed by atoms with Crippen LogP contribution in [0.25, 0.3) is 0 Å². The molecule has 0 saturated carbocycles. The zero-order valence-corrected chi connectivity index (χ0v) is 12.6. The monoisotopic (exact) mass is 364 g/mol. The number of benzene rings is 1. The summed E-state index contributed by atoms with van der Waals surface area (Å²) in [6, 6.07) is 9.30. The first-order chi connectivity index (χ1) is 8.17. The van der Waals surface area contributed by atoms with Crippen LogP contribution in [0.2, 0.25) is 0 Å². The van der Waals surface area contributed by atoms with Gasteiger partial charge in [0.05, 0.1) is 0 Å². The molecule has 3 nitrogen and oxygen atoms in total. The fraction of sp³-hybridized carbons (Fsp3) is 0.417. The fourth-order valence-corrected chi connectivity index (χ4v) is 1.48. The molecule has 1 aromatic carbocycles. The Balaban J connectivity index is 2.52. The molecule has 0 bridgehead atoms. The molecule has 0 N–H and O–H groups in total. The van der Waals surface area contributed by atoms with Crippen molar-refractivity contribution in [3.8, 4) is 5.75 Å². The summed E-state index contributed by atoms with van der Waals surface area (Å²) in [4.78, 5) is 11.2. The lowest BCUT2D eigenvalue weighted by Crippen LogP contribution is -2.28. The van der Waals surface area contributed by atoms with Gasteiger partial charge in [0, 0.05) is 11.8 Å². The number of hydrogen-bond donors (Lipinski definition) is 0. The highest BCUT2D eigenvalue weighted by Gasteiger charge is 2.20. The van der Waals surface area contributed by atoms with E-state index in [0.717, 1.165) is 0 Å². The number of halogens is 2. The number of alkyl halides is 2. The number of ether oxygens (including phenoxy) is 2. The van der Waals surface area contributed by atoms with E-state index >= 15 is 0 Å². The molecule has 2 unspecified atom stereocenters. The second kappa shape index (κ2) is 7.71. The van der Waals surface area contributed by atoms with Gasteiger partial charge in [-0.25, -0.2) is 0 Å². The molecule has 0 aliphatic heterocycles. The minimum atomic E-state index is -0.552. The molecule has 0 saturated heterocycles. The van der Waals surface area contributed by atoms with Gasteiger partial charge >= 0.3 is 5.97 Å². The average Bonchev–Trinajstić information content (AvgIpc) is 2.38. The molecule has 0 spiro atoms. The summed E-state index contributed by atoms with van der Waals surface area (Å²) >= 11 is 6.41. The van der Waals surface area contributed by atoms with E-state index in [9.17, 15) is 4.79 Å². The Morgan fingerprint density at radius 1 is 1.35 bits per heavy atom. The molecular formula is C12H14Br2O3. The van der Waals surface area contributed by atoms with Crippen LogP contribution < -0.4 is 4.74 Å². The first-order valence-electron chi connectivity index (χ1n) is 5.29. The summed E-state index contributed by atoms with van der Waals surface area (Å²) < 4.78 is 10.8. The van der Waals surface area contributed by atoms with Crippen molar-refractivity contribution in [1.82, 2.24) is 0 Å². The van der Waals surface area contributed by atoms with Crippen LogP contribution in [0, 0.1) is 0 Å². The van der Waals surface area contributed by atoms with E-state index in [4.69, 9.17) is 9.47 Å². The number of esters is 1. The quantitative estimate of drug-likeness (QED) is 0.439. The van der Waals surface area contributed by atoms with Crippen molar-refractivity contribution in [2.75, 3.05) is 5.33 Å². The minimum Gasteiger partial charge on any atom is -0.455 e. The van der Waals surface area contributed by atoms with Crippen LogP contribution in [-0.4, -0.2) is 22.4 Å². The normalized spacial score (nSPS) is 13.8.